The van der Waals surface area contributed by atoms with Crippen molar-refractivity contribution in [3.8, 4) is 11.5 Å². The standard InChI is InChI=1S/C26H30N2O4S/c1-4-14-27(26(30)23-13-12-21(31-2)16-24(23)32-3)19-25(29)28(18-22-11-8-15-33-22)17-20-9-6-5-7-10-20/h5-13,15-16H,4,14,17-19H2,1-3H3. The maximum atomic E-state index is 13.4. The van der Waals surface area contributed by atoms with E-state index in [1.807, 2.05) is 59.7 Å². The molecule has 0 radical (unpaired) electrons. The molecule has 1 aromatic heterocycles. The molecule has 0 aliphatic heterocycles. The Morgan fingerprint density at radius 1 is 0.909 bits per heavy atom. The SMILES string of the molecule is CCCN(CC(=O)N(Cc1ccccc1)Cc1cccs1)C(=O)c1ccc(OC)cc1OC. The lowest BCUT2D eigenvalue weighted by molar-refractivity contribution is -0.133. The molecule has 3 aromatic rings. The van der Waals surface area contributed by atoms with Gasteiger partial charge in [-0.25, -0.2) is 0 Å². The highest BCUT2D eigenvalue weighted by molar-refractivity contribution is 7.09. The van der Waals surface area contributed by atoms with Crippen LogP contribution in [0.15, 0.2) is 66.0 Å². The summed E-state index contributed by atoms with van der Waals surface area (Å²) in [6, 6.07) is 19.0. The highest BCUT2D eigenvalue weighted by atomic mass is 32.1. The van der Waals surface area contributed by atoms with E-state index in [1.165, 1.54) is 7.11 Å². The minimum atomic E-state index is -0.236. The fraction of sp³-hybridized carbons (Fsp3) is 0.308. The first-order chi connectivity index (χ1) is 16.0. The predicted octanol–water partition coefficient (Wildman–Crippen LogP) is 4.85. The van der Waals surface area contributed by atoms with Crippen LogP contribution in [0.5, 0.6) is 11.5 Å². The van der Waals surface area contributed by atoms with E-state index >= 15 is 0 Å². The highest BCUT2D eigenvalue weighted by Crippen LogP contribution is 2.26. The first-order valence-corrected chi connectivity index (χ1v) is 11.8. The number of hydrogen-bond acceptors (Lipinski definition) is 5. The summed E-state index contributed by atoms with van der Waals surface area (Å²) >= 11 is 1.62. The fourth-order valence-electron chi connectivity index (χ4n) is 3.56. The van der Waals surface area contributed by atoms with Gasteiger partial charge >= 0.3 is 0 Å². The summed E-state index contributed by atoms with van der Waals surface area (Å²) in [5.74, 6) is 0.696. The number of rotatable bonds is 11. The molecule has 174 valence electrons. The van der Waals surface area contributed by atoms with Crippen molar-refractivity contribution in [1.82, 2.24) is 9.80 Å². The van der Waals surface area contributed by atoms with Crippen molar-refractivity contribution in [3.05, 3.63) is 82.0 Å². The minimum Gasteiger partial charge on any atom is -0.497 e. The summed E-state index contributed by atoms with van der Waals surface area (Å²) in [4.78, 5) is 31.3. The molecule has 0 fully saturated rings. The van der Waals surface area contributed by atoms with Crippen LogP contribution in [0, 0.1) is 0 Å². The molecule has 2 amide bonds. The van der Waals surface area contributed by atoms with E-state index in [2.05, 4.69) is 0 Å². The second-order valence-electron chi connectivity index (χ2n) is 7.61. The average molecular weight is 467 g/mol. The number of amides is 2. The van der Waals surface area contributed by atoms with Crippen LogP contribution in [0.25, 0.3) is 0 Å². The zero-order valence-electron chi connectivity index (χ0n) is 19.3. The van der Waals surface area contributed by atoms with Crippen LogP contribution < -0.4 is 9.47 Å². The number of hydrogen-bond donors (Lipinski definition) is 0. The highest BCUT2D eigenvalue weighted by Gasteiger charge is 2.25. The number of ether oxygens (including phenoxy) is 2. The minimum absolute atomic E-state index is 0.0000651. The molecule has 0 spiro atoms. The molecule has 3 rings (SSSR count). The predicted molar refractivity (Wildman–Crippen MR) is 131 cm³/mol. The molecule has 0 bridgehead atoms. The van der Waals surface area contributed by atoms with Gasteiger partial charge < -0.3 is 19.3 Å². The average Bonchev–Trinajstić information content (AvgIpc) is 3.36. The van der Waals surface area contributed by atoms with Gasteiger partial charge in [-0.05, 0) is 35.6 Å². The van der Waals surface area contributed by atoms with Crippen LogP contribution in [0.1, 0.15) is 34.1 Å². The Balaban J connectivity index is 1.81. The number of carbonyl (C=O) groups is 2. The van der Waals surface area contributed by atoms with E-state index in [0.29, 0.717) is 36.7 Å². The molecule has 0 aliphatic carbocycles. The van der Waals surface area contributed by atoms with E-state index in [9.17, 15) is 9.59 Å². The molecule has 0 atom stereocenters. The quantitative estimate of drug-likeness (QED) is 0.406. The summed E-state index contributed by atoms with van der Waals surface area (Å²) in [6.07, 6.45) is 0.737. The lowest BCUT2D eigenvalue weighted by atomic mass is 10.1. The summed E-state index contributed by atoms with van der Waals surface area (Å²) < 4.78 is 10.7. The third-order valence-electron chi connectivity index (χ3n) is 5.24. The van der Waals surface area contributed by atoms with Gasteiger partial charge in [0, 0.05) is 24.0 Å². The van der Waals surface area contributed by atoms with E-state index in [1.54, 1.807) is 41.5 Å². The second kappa shape index (κ2) is 12.1. The topological polar surface area (TPSA) is 59.1 Å². The fourth-order valence-corrected chi connectivity index (χ4v) is 4.28. The van der Waals surface area contributed by atoms with Crippen molar-refractivity contribution < 1.29 is 19.1 Å². The van der Waals surface area contributed by atoms with E-state index in [-0.39, 0.29) is 18.4 Å². The van der Waals surface area contributed by atoms with Crippen molar-refractivity contribution >= 4 is 23.2 Å². The Labute approximate surface area is 199 Å². The summed E-state index contributed by atoms with van der Waals surface area (Å²) in [5.41, 5.74) is 1.46. The Kier molecular flexibility index (Phi) is 8.89. The zero-order valence-corrected chi connectivity index (χ0v) is 20.1. The number of nitrogens with zero attached hydrogens (tertiary/aromatic N) is 2. The van der Waals surface area contributed by atoms with Gasteiger partial charge in [0.1, 0.15) is 18.0 Å². The molecule has 2 aromatic carbocycles. The lowest BCUT2D eigenvalue weighted by Gasteiger charge is -2.28. The van der Waals surface area contributed by atoms with Crippen LogP contribution in [-0.2, 0) is 17.9 Å². The normalized spacial score (nSPS) is 10.5. The Hall–Kier alpha value is -3.32. The Bertz CT molecular complexity index is 1040. The molecule has 33 heavy (non-hydrogen) atoms. The molecule has 6 nitrogen and oxygen atoms in total. The van der Waals surface area contributed by atoms with Crippen LogP contribution in [0.4, 0.5) is 0 Å². The molecule has 0 unspecified atom stereocenters. The summed E-state index contributed by atoms with van der Waals surface area (Å²) in [6.45, 7) is 3.45. The maximum Gasteiger partial charge on any atom is 0.258 e. The number of carbonyl (C=O) groups excluding carboxylic acids is 2. The Morgan fingerprint density at radius 2 is 1.70 bits per heavy atom. The largest absolute Gasteiger partial charge is 0.497 e. The molecular formula is C26H30N2O4S. The van der Waals surface area contributed by atoms with Crippen LogP contribution >= 0.6 is 11.3 Å². The number of methoxy groups -OCH3 is 2. The smallest absolute Gasteiger partial charge is 0.258 e. The molecule has 0 aliphatic rings. The van der Waals surface area contributed by atoms with E-state index in [4.69, 9.17) is 9.47 Å². The monoisotopic (exact) mass is 466 g/mol. The molecule has 1 heterocycles. The van der Waals surface area contributed by atoms with Gasteiger partial charge in [-0.2, -0.15) is 0 Å². The van der Waals surface area contributed by atoms with Crippen molar-refractivity contribution in [1.29, 1.82) is 0 Å². The second-order valence-corrected chi connectivity index (χ2v) is 8.64. The van der Waals surface area contributed by atoms with Gasteiger partial charge in [0.05, 0.1) is 26.3 Å². The first kappa shape index (κ1) is 24.3. The van der Waals surface area contributed by atoms with Crippen LogP contribution in [-0.4, -0.2) is 48.9 Å². The molecule has 7 heteroatoms. The summed E-state index contributed by atoms with van der Waals surface area (Å²) in [5, 5.41) is 2.00. The third kappa shape index (κ3) is 6.58. The first-order valence-electron chi connectivity index (χ1n) is 10.9. The Morgan fingerprint density at radius 3 is 2.33 bits per heavy atom. The van der Waals surface area contributed by atoms with Crippen molar-refractivity contribution in [2.24, 2.45) is 0 Å². The van der Waals surface area contributed by atoms with Crippen LogP contribution in [0.2, 0.25) is 0 Å². The summed E-state index contributed by atoms with van der Waals surface area (Å²) in [7, 11) is 3.08. The number of benzene rings is 2. The van der Waals surface area contributed by atoms with Gasteiger partial charge in [0.25, 0.3) is 5.91 Å². The van der Waals surface area contributed by atoms with Crippen molar-refractivity contribution in [3.63, 3.8) is 0 Å². The lowest BCUT2D eigenvalue weighted by Crippen LogP contribution is -2.42. The van der Waals surface area contributed by atoms with Crippen molar-refractivity contribution in [2.45, 2.75) is 26.4 Å². The van der Waals surface area contributed by atoms with Crippen molar-refractivity contribution in [2.75, 3.05) is 27.3 Å². The van der Waals surface area contributed by atoms with E-state index < -0.39 is 0 Å². The van der Waals surface area contributed by atoms with Gasteiger partial charge in [0.15, 0.2) is 0 Å². The van der Waals surface area contributed by atoms with Gasteiger partial charge in [-0.3, -0.25) is 9.59 Å². The number of thiophene rings is 1. The maximum absolute atomic E-state index is 13.4. The zero-order chi connectivity index (χ0) is 23.6. The molecule has 0 saturated carbocycles. The van der Waals surface area contributed by atoms with Gasteiger partial charge in [-0.15, -0.1) is 11.3 Å². The van der Waals surface area contributed by atoms with Crippen LogP contribution in [0.3, 0.4) is 0 Å². The van der Waals surface area contributed by atoms with Gasteiger partial charge in [0.2, 0.25) is 5.91 Å². The molecular weight excluding hydrogens is 436 g/mol. The molecule has 0 saturated heterocycles. The van der Waals surface area contributed by atoms with Gasteiger partial charge in [-0.1, -0.05) is 43.3 Å². The third-order valence-corrected chi connectivity index (χ3v) is 6.10. The van der Waals surface area contributed by atoms with E-state index in [0.717, 1.165) is 16.9 Å². The molecule has 0 N–H and O–H groups in total.